The monoisotopic (exact) mass is 303 g/mol. The molecule has 3 rings (SSSR count). The first kappa shape index (κ1) is 14.6. The van der Waals surface area contributed by atoms with Gasteiger partial charge in [-0.3, -0.25) is 0 Å². The smallest absolute Gasteiger partial charge is 0.212 e. The van der Waals surface area contributed by atoms with Gasteiger partial charge in [-0.05, 0) is 36.7 Å². The Balaban J connectivity index is 1.95. The van der Waals surface area contributed by atoms with Crippen LogP contribution in [0.15, 0.2) is 30.3 Å². The Morgan fingerprint density at radius 1 is 1.24 bits per heavy atom. The SMILES string of the molecule is C#CCCS(=O)(=O)N1CC2CCC(C2)C1c1ccccc1. The number of hydrogen-bond donors (Lipinski definition) is 0. The summed E-state index contributed by atoms with van der Waals surface area (Å²) in [7, 11) is -3.28. The minimum Gasteiger partial charge on any atom is -0.212 e. The maximum atomic E-state index is 12.7. The van der Waals surface area contributed by atoms with Gasteiger partial charge >= 0.3 is 0 Å². The number of fused-ring (bicyclic) bond motifs is 2. The molecular weight excluding hydrogens is 282 g/mol. The molecule has 1 aliphatic heterocycles. The number of benzene rings is 1. The molecule has 0 amide bonds. The Labute approximate surface area is 127 Å². The summed E-state index contributed by atoms with van der Waals surface area (Å²) in [6.45, 7) is 0.656. The van der Waals surface area contributed by atoms with Gasteiger partial charge in [0.05, 0.1) is 11.8 Å². The number of sulfonamides is 1. The van der Waals surface area contributed by atoms with E-state index < -0.39 is 10.0 Å². The molecule has 0 radical (unpaired) electrons. The van der Waals surface area contributed by atoms with Gasteiger partial charge < -0.3 is 0 Å². The van der Waals surface area contributed by atoms with Crippen LogP contribution in [-0.2, 0) is 10.0 Å². The predicted octanol–water partition coefficient (Wildman–Crippen LogP) is 2.81. The van der Waals surface area contributed by atoms with Crippen molar-refractivity contribution in [2.75, 3.05) is 12.3 Å². The van der Waals surface area contributed by atoms with Crippen LogP contribution in [0.2, 0.25) is 0 Å². The van der Waals surface area contributed by atoms with Crippen LogP contribution in [0.1, 0.15) is 37.3 Å². The Kier molecular flexibility index (Phi) is 4.05. The Morgan fingerprint density at radius 2 is 2.00 bits per heavy atom. The topological polar surface area (TPSA) is 37.4 Å². The van der Waals surface area contributed by atoms with Crippen LogP contribution >= 0.6 is 0 Å². The Hall–Kier alpha value is -1.31. The lowest BCUT2D eigenvalue weighted by Gasteiger charge is -2.39. The first-order chi connectivity index (χ1) is 10.1. The summed E-state index contributed by atoms with van der Waals surface area (Å²) in [5.74, 6) is 3.49. The fraction of sp³-hybridized carbons (Fsp3) is 0.529. The second kappa shape index (κ2) is 5.82. The molecule has 1 aliphatic carbocycles. The zero-order valence-corrected chi connectivity index (χ0v) is 12.9. The van der Waals surface area contributed by atoms with Gasteiger partial charge in [-0.2, -0.15) is 4.31 Å². The van der Waals surface area contributed by atoms with Crippen molar-refractivity contribution in [3.05, 3.63) is 35.9 Å². The van der Waals surface area contributed by atoms with E-state index in [4.69, 9.17) is 6.42 Å². The van der Waals surface area contributed by atoms with E-state index in [1.54, 1.807) is 4.31 Å². The summed E-state index contributed by atoms with van der Waals surface area (Å²) in [6, 6.07) is 10.0. The molecular formula is C17H21NO2S. The maximum absolute atomic E-state index is 12.7. The summed E-state index contributed by atoms with van der Waals surface area (Å²) in [5.41, 5.74) is 1.12. The summed E-state index contributed by atoms with van der Waals surface area (Å²) >= 11 is 0. The van der Waals surface area contributed by atoms with Crippen molar-refractivity contribution in [1.29, 1.82) is 0 Å². The van der Waals surface area contributed by atoms with Crippen molar-refractivity contribution in [3.8, 4) is 12.3 Å². The van der Waals surface area contributed by atoms with E-state index in [9.17, 15) is 8.42 Å². The van der Waals surface area contributed by atoms with Gasteiger partial charge in [-0.15, -0.1) is 12.3 Å². The van der Waals surface area contributed by atoms with E-state index in [2.05, 4.69) is 5.92 Å². The van der Waals surface area contributed by atoms with Crippen LogP contribution in [0.5, 0.6) is 0 Å². The van der Waals surface area contributed by atoms with E-state index in [-0.39, 0.29) is 18.2 Å². The first-order valence-corrected chi connectivity index (χ1v) is 9.20. The average molecular weight is 303 g/mol. The summed E-state index contributed by atoms with van der Waals surface area (Å²) in [5, 5.41) is 0. The molecule has 0 aromatic heterocycles. The predicted molar refractivity (Wildman–Crippen MR) is 84.0 cm³/mol. The zero-order chi connectivity index (χ0) is 14.9. The average Bonchev–Trinajstić information content (AvgIpc) is 2.87. The van der Waals surface area contributed by atoms with Crippen LogP contribution in [0.25, 0.3) is 0 Å². The second-order valence-corrected chi connectivity index (χ2v) is 8.18. The number of rotatable bonds is 4. The number of hydrogen-bond acceptors (Lipinski definition) is 2. The van der Waals surface area contributed by atoms with Crippen molar-refractivity contribution in [2.24, 2.45) is 11.8 Å². The van der Waals surface area contributed by atoms with Gasteiger partial charge in [0.1, 0.15) is 0 Å². The molecule has 112 valence electrons. The summed E-state index contributed by atoms with van der Waals surface area (Å²) < 4.78 is 27.1. The highest BCUT2D eigenvalue weighted by atomic mass is 32.2. The minimum absolute atomic E-state index is 0.00674. The second-order valence-electron chi connectivity index (χ2n) is 6.13. The fourth-order valence-corrected chi connectivity index (χ4v) is 5.54. The molecule has 2 fully saturated rings. The van der Waals surface area contributed by atoms with Gasteiger partial charge in [0.25, 0.3) is 0 Å². The largest absolute Gasteiger partial charge is 0.215 e. The molecule has 1 heterocycles. The third kappa shape index (κ3) is 2.86. The lowest BCUT2D eigenvalue weighted by Crippen LogP contribution is -2.44. The molecule has 21 heavy (non-hydrogen) atoms. The van der Waals surface area contributed by atoms with Crippen molar-refractivity contribution < 1.29 is 8.42 Å². The molecule has 4 heteroatoms. The molecule has 0 spiro atoms. The number of terminal acetylenes is 1. The van der Waals surface area contributed by atoms with Crippen LogP contribution in [0.4, 0.5) is 0 Å². The minimum atomic E-state index is -3.28. The molecule has 1 aromatic carbocycles. The highest BCUT2D eigenvalue weighted by molar-refractivity contribution is 7.89. The van der Waals surface area contributed by atoms with Gasteiger partial charge in [0.2, 0.25) is 10.0 Å². The molecule has 2 aliphatic rings. The van der Waals surface area contributed by atoms with E-state index >= 15 is 0 Å². The van der Waals surface area contributed by atoms with E-state index in [0.717, 1.165) is 24.8 Å². The van der Waals surface area contributed by atoms with Crippen LogP contribution in [0, 0.1) is 24.2 Å². The number of piperidine rings is 1. The van der Waals surface area contributed by atoms with Crippen LogP contribution in [0.3, 0.4) is 0 Å². The molecule has 0 N–H and O–H groups in total. The molecule has 2 bridgehead atoms. The lowest BCUT2D eigenvalue weighted by atomic mass is 9.88. The van der Waals surface area contributed by atoms with Crippen LogP contribution in [-0.4, -0.2) is 25.0 Å². The molecule has 1 saturated heterocycles. The first-order valence-electron chi connectivity index (χ1n) is 7.60. The summed E-state index contributed by atoms with van der Waals surface area (Å²) in [6.07, 6.45) is 8.96. The molecule has 1 aromatic rings. The third-order valence-electron chi connectivity index (χ3n) is 4.78. The van der Waals surface area contributed by atoms with E-state index in [1.807, 2.05) is 30.3 Å². The quantitative estimate of drug-likeness (QED) is 0.802. The third-order valence-corrected chi connectivity index (χ3v) is 6.59. The van der Waals surface area contributed by atoms with E-state index in [0.29, 0.717) is 18.4 Å². The highest BCUT2D eigenvalue weighted by Crippen LogP contribution is 2.48. The van der Waals surface area contributed by atoms with Crippen molar-refractivity contribution in [1.82, 2.24) is 4.31 Å². The maximum Gasteiger partial charge on any atom is 0.215 e. The van der Waals surface area contributed by atoms with Crippen molar-refractivity contribution in [2.45, 2.75) is 31.7 Å². The van der Waals surface area contributed by atoms with Gasteiger partial charge in [0, 0.05) is 13.0 Å². The molecule has 3 atom stereocenters. The zero-order valence-electron chi connectivity index (χ0n) is 12.1. The van der Waals surface area contributed by atoms with Gasteiger partial charge in [-0.1, -0.05) is 30.3 Å². The van der Waals surface area contributed by atoms with Crippen LogP contribution < -0.4 is 0 Å². The van der Waals surface area contributed by atoms with Gasteiger partial charge in [-0.25, -0.2) is 8.42 Å². The van der Waals surface area contributed by atoms with Crippen molar-refractivity contribution >= 4 is 10.0 Å². The summed E-state index contributed by atoms with van der Waals surface area (Å²) in [4.78, 5) is 0. The van der Waals surface area contributed by atoms with Crippen molar-refractivity contribution in [3.63, 3.8) is 0 Å². The molecule has 3 nitrogen and oxygen atoms in total. The molecule has 3 unspecified atom stereocenters. The molecule has 1 saturated carbocycles. The highest BCUT2D eigenvalue weighted by Gasteiger charge is 2.45. The lowest BCUT2D eigenvalue weighted by molar-refractivity contribution is 0.177. The standard InChI is InChI=1S/C17H21NO2S/c1-2-3-11-21(19,20)18-13-14-9-10-16(12-14)17(18)15-7-5-4-6-8-15/h1,4-8,14,16-17H,3,9-13H2. The Morgan fingerprint density at radius 3 is 2.71 bits per heavy atom. The normalized spacial score (nSPS) is 29.2. The number of nitrogens with zero attached hydrogens (tertiary/aromatic N) is 1. The Bertz CT molecular complexity index is 633. The van der Waals surface area contributed by atoms with E-state index in [1.165, 1.54) is 0 Å². The van der Waals surface area contributed by atoms with Gasteiger partial charge in [0.15, 0.2) is 0 Å². The fourth-order valence-electron chi connectivity index (χ4n) is 3.85.